The van der Waals surface area contributed by atoms with E-state index in [4.69, 9.17) is 4.52 Å². The second-order valence-electron chi connectivity index (χ2n) is 7.38. The Hall–Kier alpha value is -3.36. The number of carbonyl (C=O) groups is 1. The van der Waals surface area contributed by atoms with E-state index in [0.717, 1.165) is 24.5 Å². The third-order valence-electron chi connectivity index (χ3n) is 5.30. The molecule has 1 aromatic heterocycles. The fourth-order valence-corrected chi connectivity index (χ4v) is 3.78. The Balaban J connectivity index is 1.39. The number of benzene rings is 2. The van der Waals surface area contributed by atoms with E-state index in [1.165, 1.54) is 18.2 Å². The number of aromatic nitrogens is 2. The predicted molar refractivity (Wildman–Crippen MR) is 108 cm³/mol. The standard InChI is InChI=1S/C22H21F3N4O2/c23-22(24,25)17-10-4-5-11-18(17)26-21(30)29-14-6-9-16(29)12-13-19-27-20(31-28-19)15-7-2-1-3-8-15/h1-5,7-8,10-11,16H,6,9,12-14H2,(H,26,30). The van der Waals surface area contributed by atoms with Gasteiger partial charge in [0.1, 0.15) is 0 Å². The van der Waals surface area contributed by atoms with Crippen LogP contribution in [-0.4, -0.2) is 33.7 Å². The Morgan fingerprint density at radius 2 is 1.87 bits per heavy atom. The second kappa shape index (κ2) is 8.79. The van der Waals surface area contributed by atoms with Crippen molar-refractivity contribution >= 4 is 11.7 Å². The highest BCUT2D eigenvalue weighted by atomic mass is 19.4. The number of para-hydroxylation sites is 1. The van der Waals surface area contributed by atoms with Gasteiger partial charge in [-0.2, -0.15) is 18.2 Å². The first kappa shape index (κ1) is 20.9. The monoisotopic (exact) mass is 430 g/mol. The zero-order valence-corrected chi connectivity index (χ0v) is 16.6. The summed E-state index contributed by atoms with van der Waals surface area (Å²) in [5, 5.41) is 6.43. The van der Waals surface area contributed by atoms with E-state index < -0.39 is 17.8 Å². The number of aryl methyl sites for hydroxylation is 1. The molecule has 2 aromatic carbocycles. The summed E-state index contributed by atoms with van der Waals surface area (Å²) in [4.78, 5) is 18.7. The summed E-state index contributed by atoms with van der Waals surface area (Å²) < 4.78 is 44.9. The molecule has 4 rings (SSSR count). The van der Waals surface area contributed by atoms with Crippen LogP contribution in [0, 0.1) is 0 Å². The van der Waals surface area contributed by atoms with Crippen molar-refractivity contribution in [3.63, 3.8) is 0 Å². The van der Waals surface area contributed by atoms with E-state index in [-0.39, 0.29) is 11.7 Å². The summed E-state index contributed by atoms with van der Waals surface area (Å²) >= 11 is 0. The molecule has 1 atom stereocenters. The highest BCUT2D eigenvalue weighted by Crippen LogP contribution is 2.35. The quantitative estimate of drug-likeness (QED) is 0.590. The molecule has 0 aliphatic carbocycles. The summed E-state index contributed by atoms with van der Waals surface area (Å²) in [6.45, 7) is 0.492. The Morgan fingerprint density at radius 3 is 2.65 bits per heavy atom. The topological polar surface area (TPSA) is 71.3 Å². The highest BCUT2D eigenvalue weighted by Gasteiger charge is 2.35. The minimum Gasteiger partial charge on any atom is -0.334 e. The van der Waals surface area contributed by atoms with Gasteiger partial charge in [-0.05, 0) is 43.5 Å². The molecule has 1 aliphatic rings. The van der Waals surface area contributed by atoms with Gasteiger partial charge in [0, 0.05) is 24.6 Å². The number of hydrogen-bond donors (Lipinski definition) is 1. The number of nitrogens with zero attached hydrogens (tertiary/aromatic N) is 3. The summed E-state index contributed by atoms with van der Waals surface area (Å²) in [5.41, 5.74) is -0.276. The lowest BCUT2D eigenvalue weighted by Gasteiger charge is -2.25. The van der Waals surface area contributed by atoms with Crippen molar-refractivity contribution in [1.82, 2.24) is 15.0 Å². The number of urea groups is 1. The molecule has 2 heterocycles. The molecule has 2 amide bonds. The van der Waals surface area contributed by atoms with E-state index in [0.29, 0.717) is 31.1 Å². The first-order valence-electron chi connectivity index (χ1n) is 10.0. The molecular weight excluding hydrogens is 409 g/mol. The van der Waals surface area contributed by atoms with Gasteiger partial charge in [-0.3, -0.25) is 0 Å². The van der Waals surface area contributed by atoms with Crippen LogP contribution in [0.2, 0.25) is 0 Å². The van der Waals surface area contributed by atoms with Crippen molar-refractivity contribution in [1.29, 1.82) is 0 Å². The molecule has 1 fully saturated rings. The van der Waals surface area contributed by atoms with Crippen molar-refractivity contribution < 1.29 is 22.5 Å². The number of anilines is 1. The third-order valence-corrected chi connectivity index (χ3v) is 5.30. The molecule has 0 saturated carbocycles. The molecule has 3 aromatic rings. The van der Waals surface area contributed by atoms with Gasteiger partial charge in [-0.15, -0.1) is 0 Å². The Labute approximate surface area is 177 Å². The van der Waals surface area contributed by atoms with Crippen LogP contribution in [0.4, 0.5) is 23.7 Å². The maximum absolute atomic E-state index is 13.2. The number of halogens is 3. The van der Waals surface area contributed by atoms with E-state index in [1.807, 2.05) is 30.3 Å². The van der Waals surface area contributed by atoms with Gasteiger partial charge in [-0.1, -0.05) is 35.5 Å². The summed E-state index contributed by atoms with van der Waals surface area (Å²) in [5.74, 6) is 0.967. The number of alkyl halides is 3. The average Bonchev–Trinajstić information content (AvgIpc) is 3.42. The van der Waals surface area contributed by atoms with Crippen LogP contribution >= 0.6 is 0 Å². The number of likely N-dealkylation sites (tertiary alicyclic amines) is 1. The molecule has 1 N–H and O–H groups in total. The van der Waals surface area contributed by atoms with Gasteiger partial charge >= 0.3 is 12.2 Å². The normalized spacial score (nSPS) is 16.5. The second-order valence-corrected chi connectivity index (χ2v) is 7.38. The fourth-order valence-electron chi connectivity index (χ4n) is 3.78. The summed E-state index contributed by atoms with van der Waals surface area (Å²) in [7, 11) is 0. The Kier molecular flexibility index (Phi) is 5.92. The molecule has 6 nitrogen and oxygen atoms in total. The molecule has 0 radical (unpaired) electrons. The zero-order valence-electron chi connectivity index (χ0n) is 16.6. The summed E-state index contributed by atoms with van der Waals surface area (Å²) in [6.07, 6.45) is -1.87. The van der Waals surface area contributed by atoms with Crippen LogP contribution in [0.5, 0.6) is 0 Å². The molecule has 0 bridgehead atoms. The van der Waals surface area contributed by atoms with Crippen LogP contribution in [0.3, 0.4) is 0 Å². The van der Waals surface area contributed by atoms with Gasteiger partial charge in [0.15, 0.2) is 5.82 Å². The van der Waals surface area contributed by atoms with E-state index in [9.17, 15) is 18.0 Å². The third kappa shape index (κ3) is 4.87. The van der Waals surface area contributed by atoms with E-state index in [1.54, 1.807) is 4.90 Å². The molecule has 1 unspecified atom stereocenters. The van der Waals surface area contributed by atoms with E-state index in [2.05, 4.69) is 15.5 Å². The average molecular weight is 430 g/mol. The minimum absolute atomic E-state index is 0.100. The van der Waals surface area contributed by atoms with Crippen molar-refractivity contribution in [2.45, 2.75) is 37.9 Å². The van der Waals surface area contributed by atoms with Crippen molar-refractivity contribution in [2.24, 2.45) is 0 Å². The van der Waals surface area contributed by atoms with E-state index >= 15 is 0 Å². The molecule has 9 heteroatoms. The lowest BCUT2D eigenvalue weighted by Crippen LogP contribution is -2.39. The number of hydrogen-bond acceptors (Lipinski definition) is 4. The maximum Gasteiger partial charge on any atom is 0.418 e. The Morgan fingerprint density at radius 1 is 1.13 bits per heavy atom. The van der Waals surface area contributed by atoms with Crippen LogP contribution < -0.4 is 5.32 Å². The van der Waals surface area contributed by atoms with Crippen LogP contribution in [0.1, 0.15) is 30.7 Å². The molecule has 162 valence electrons. The number of rotatable bonds is 5. The van der Waals surface area contributed by atoms with Crippen LogP contribution in [0.25, 0.3) is 11.5 Å². The Bertz CT molecular complexity index is 1040. The number of nitrogens with one attached hydrogen (secondary N) is 1. The van der Waals surface area contributed by atoms with Gasteiger partial charge in [0.2, 0.25) is 0 Å². The molecule has 1 aliphatic heterocycles. The van der Waals surface area contributed by atoms with Crippen molar-refractivity contribution in [3.05, 3.63) is 66.0 Å². The van der Waals surface area contributed by atoms with Gasteiger partial charge < -0.3 is 14.7 Å². The summed E-state index contributed by atoms with van der Waals surface area (Å²) in [6, 6.07) is 13.8. The fraction of sp³-hybridized carbons (Fsp3) is 0.318. The predicted octanol–water partition coefficient (Wildman–Crippen LogP) is 5.38. The van der Waals surface area contributed by atoms with Gasteiger partial charge in [-0.25, -0.2) is 4.79 Å². The smallest absolute Gasteiger partial charge is 0.334 e. The van der Waals surface area contributed by atoms with Gasteiger partial charge in [0.25, 0.3) is 5.89 Å². The lowest BCUT2D eigenvalue weighted by atomic mass is 10.1. The highest BCUT2D eigenvalue weighted by molar-refractivity contribution is 5.90. The number of carbonyl (C=O) groups excluding carboxylic acids is 1. The first-order valence-corrected chi connectivity index (χ1v) is 10.0. The largest absolute Gasteiger partial charge is 0.418 e. The molecule has 1 saturated heterocycles. The minimum atomic E-state index is -4.54. The molecule has 0 spiro atoms. The van der Waals surface area contributed by atoms with Crippen LogP contribution in [0.15, 0.2) is 59.1 Å². The van der Waals surface area contributed by atoms with Crippen molar-refractivity contribution in [3.8, 4) is 11.5 Å². The first-order chi connectivity index (χ1) is 14.9. The van der Waals surface area contributed by atoms with Crippen LogP contribution in [-0.2, 0) is 12.6 Å². The lowest BCUT2D eigenvalue weighted by molar-refractivity contribution is -0.136. The molecular formula is C22H21F3N4O2. The maximum atomic E-state index is 13.2. The number of amides is 2. The van der Waals surface area contributed by atoms with Crippen molar-refractivity contribution in [2.75, 3.05) is 11.9 Å². The SMILES string of the molecule is O=C(Nc1ccccc1C(F)(F)F)N1CCCC1CCc1noc(-c2ccccc2)n1. The molecule has 31 heavy (non-hydrogen) atoms. The van der Waals surface area contributed by atoms with Gasteiger partial charge in [0.05, 0.1) is 11.3 Å². The zero-order chi connectivity index (χ0) is 21.8.